The molecule has 3 aromatic rings. The number of aromatic nitrogens is 2. The van der Waals surface area contributed by atoms with Crippen molar-refractivity contribution in [1.29, 1.82) is 0 Å². The first-order valence-corrected chi connectivity index (χ1v) is 15.2. The van der Waals surface area contributed by atoms with Crippen LogP contribution >= 0.6 is 0 Å². The number of carbonyl (C=O) groups excluding carboxylic acids is 5. The van der Waals surface area contributed by atoms with E-state index in [1.54, 1.807) is 0 Å². The van der Waals surface area contributed by atoms with Crippen LogP contribution in [0.1, 0.15) is 62.0 Å². The summed E-state index contributed by atoms with van der Waals surface area (Å²) < 4.78 is 0. The van der Waals surface area contributed by atoms with Crippen molar-refractivity contribution in [3.63, 3.8) is 0 Å². The predicted molar refractivity (Wildman–Crippen MR) is 166 cm³/mol. The lowest BCUT2D eigenvalue weighted by Gasteiger charge is -2.26. The van der Waals surface area contributed by atoms with Gasteiger partial charge in [-0.2, -0.15) is 0 Å². The van der Waals surface area contributed by atoms with Gasteiger partial charge >= 0.3 is 0 Å². The third kappa shape index (κ3) is 8.20. The Kier molecular flexibility index (Phi) is 9.40. The van der Waals surface area contributed by atoms with Crippen molar-refractivity contribution in [3.05, 3.63) is 72.3 Å². The third-order valence-corrected chi connectivity index (χ3v) is 8.39. The summed E-state index contributed by atoms with van der Waals surface area (Å²) >= 11 is 0. The van der Waals surface area contributed by atoms with Crippen molar-refractivity contribution in [1.82, 2.24) is 31.2 Å². The number of rotatable bonds is 13. The zero-order valence-electron chi connectivity index (χ0n) is 25.4. The molecule has 1 aliphatic carbocycles. The highest BCUT2D eigenvalue weighted by Gasteiger charge is 2.40. The lowest BCUT2D eigenvalue weighted by atomic mass is 9.91. The maximum absolute atomic E-state index is 13.9. The minimum atomic E-state index is -1.09. The van der Waals surface area contributed by atoms with Crippen LogP contribution in [-0.2, 0) is 25.6 Å². The number of nitrogens with two attached hydrogens (primary N) is 1. The molecule has 1 aromatic heterocycles. The smallest absolute Gasteiger partial charge is 0.272 e. The van der Waals surface area contributed by atoms with Gasteiger partial charge in [0, 0.05) is 30.3 Å². The first-order valence-electron chi connectivity index (χ1n) is 15.2. The van der Waals surface area contributed by atoms with Crippen molar-refractivity contribution < 1.29 is 24.0 Å². The topological polar surface area (TPSA) is 185 Å². The van der Waals surface area contributed by atoms with Crippen molar-refractivity contribution in [2.24, 2.45) is 17.6 Å². The molecule has 2 fully saturated rings. The lowest BCUT2D eigenvalue weighted by Crippen LogP contribution is -2.57. The molecular formula is C33H39N7O5. The molecule has 5 rings (SSSR count). The number of nitrogens with one attached hydrogen (secondary N) is 4. The van der Waals surface area contributed by atoms with E-state index >= 15 is 0 Å². The van der Waals surface area contributed by atoms with E-state index < -0.39 is 53.2 Å². The van der Waals surface area contributed by atoms with Crippen molar-refractivity contribution >= 4 is 40.3 Å². The van der Waals surface area contributed by atoms with E-state index in [1.807, 2.05) is 56.3 Å². The molecular weight excluding hydrogens is 574 g/mol. The second-order valence-corrected chi connectivity index (χ2v) is 12.7. The van der Waals surface area contributed by atoms with Gasteiger partial charge in [-0.3, -0.25) is 29.0 Å². The van der Waals surface area contributed by atoms with E-state index in [0.717, 1.165) is 29.2 Å². The van der Waals surface area contributed by atoms with Crippen LogP contribution in [0.25, 0.3) is 10.8 Å². The van der Waals surface area contributed by atoms with Crippen molar-refractivity contribution in [2.75, 3.05) is 0 Å². The first kappa shape index (κ1) is 31.6. The van der Waals surface area contributed by atoms with Gasteiger partial charge in [0.05, 0.1) is 6.20 Å². The predicted octanol–water partition coefficient (Wildman–Crippen LogP) is 1.53. The van der Waals surface area contributed by atoms with E-state index in [1.165, 1.54) is 18.6 Å². The second kappa shape index (κ2) is 13.4. The van der Waals surface area contributed by atoms with Gasteiger partial charge in [-0.15, -0.1) is 0 Å². The first-order chi connectivity index (χ1) is 21.5. The van der Waals surface area contributed by atoms with Gasteiger partial charge in [-0.1, -0.05) is 55.3 Å². The molecule has 1 aliphatic heterocycles. The van der Waals surface area contributed by atoms with Crippen LogP contribution in [-0.4, -0.2) is 63.2 Å². The van der Waals surface area contributed by atoms with Crippen LogP contribution in [0.2, 0.25) is 0 Å². The van der Waals surface area contributed by atoms with E-state index in [4.69, 9.17) is 5.73 Å². The quantitative estimate of drug-likeness (QED) is 0.193. The fourth-order valence-electron chi connectivity index (χ4n) is 5.93. The fraction of sp³-hybridized carbons (Fsp3) is 0.424. The summed E-state index contributed by atoms with van der Waals surface area (Å²) in [4.78, 5) is 73.5. The fourth-order valence-corrected chi connectivity index (χ4v) is 5.93. The number of carbonyl (C=O) groups is 5. The molecule has 0 unspecified atom stereocenters. The van der Waals surface area contributed by atoms with Gasteiger partial charge in [0.1, 0.15) is 23.8 Å². The van der Waals surface area contributed by atoms with E-state index in [2.05, 4.69) is 31.2 Å². The number of hydrogen-bond acceptors (Lipinski definition) is 7. The molecule has 2 heterocycles. The lowest BCUT2D eigenvalue weighted by molar-refractivity contribution is -0.132. The summed E-state index contributed by atoms with van der Waals surface area (Å²) in [5.74, 6) is -2.93. The Hall–Kier alpha value is -4.87. The van der Waals surface area contributed by atoms with Crippen LogP contribution in [0.15, 0.2) is 61.1 Å². The number of hydrogen-bond donors (Lipinski definition) is 5. The Balaban J connectivity index is 1.35. The molecule has 4 atom stereocenters. The van der Waals surface area contributed by atoms with Gasteiger partial charge in [0.15, 0.2) is 0 Å². The van der Waals surface area contributed by atoms with Crippen LogP contribution in [0.4, 0.5) is 0 Å². The zero-order valence-corrected chi connectivity index (χ0v) is 25.4. The maximum Gasteiger partial charge on any atom is 0.272 e. The standard InChI is InChI=1S/C33H39N7O5/c1-33(2)17-22(29(42)40-33)16-24(28(34)41)37-30(43)25(14-19-10-11-19)38-31(44)26(39-32(45)27-18-35-12-13-36-27)15-21-8-5-7-20-6-3-4-9-23(20)21/h3-9,12-13,18-19,22,24-26H,10-11,14-17H2,1-2H3,(H2,34,41)(H,37,43)(H,38,44)(H,39,45)(H,40,42)/t22-,24+,25+,26+/m1/s1. The average molecular weight is 614 g/mol. The molecule has 0 bridgehead atoms. The summed E-state index contributed by atoms with van der Waals surface area (Å²) in [5.41, 5.74) is 6.11. The molecule has 12 heteroatoms. The normalized spacial score (nSPS) is 19.2. The Morgan fingerprint density at radius 1 is 0.933 bits per heavy atom. The van der Waals surface area contributed by atoms with Crippen LogP contribution in [0.5, 0.6) is 0 Å². The number of amides is 5. The SMILES string of the molecule is CC1(C)C[C@@H](C[C@H](NC(=O)[C@H](CC2CC2)NC(=O)[C@H](Cc2cccc3ccccc23)NC(=O)c2cnccn2)C(N)=O)C(=O)N1. The molecule has 45 heavy (non-hydrogen) atoms. The van der Waals surface area contributed by atoms with Crippen LogP contribution < -0.4 is 27.0 Å². The number of primary amides is 1. The number of fused-ring (bicyclic) bond motifs is 1. The highest BCUT2D eigenvalue weighted by atomic mass is 16.2. The molecule has 1 saturated heterocycles. The highest BCUT2D eigenvalue weighted by Crippen LogP contribution is 2.34. The van der Waals surface area contributed by atoms with Gasteiger partial charge < -0.3 is 27.0 Å². The van der Waals surface area contributed by atoms with Crippen LogP contribution in [0, 0.1) is 11.8 Å². The third-order valence-electron chi connectivity index (χ3n) is 8.39. The average Bonchev–Trinajstić information content (AvgIpc) is 3.79. The zero-order chi connectivity index (χ0) is 32.1. The molecule has 12 nitrogen and oxygen atoms in total. The summed E-state index contributed by atoms with van der Waals surface area (Å²) in [7, 11) is 0. The summed E-state index contributed by atoms with van der Waals surface area (Å²) in [6, 6.07) is 10.3. The van der Waals surface area contributed by atoms with Gasteiger partial charge in [-0.05, 0) is 55.4 Å². The minimum absolute atomic E-state index is 0.0453. The molecule has 2 aromatic carbocycles. The molecule has 236 valence electrons. The Morgan fingerprint density at radius 2 is 1.64 bits per heavy atom. The molecule has 0 spiro atoms. The second-order valence-electron chi connectivity index (χ2n) is 12.7. The molecule has 5 amide bonds. The molecule has 6 N–H and O–H groups in total. The summed E-state index contributed by atoms with van der Waals surface area (Å²) in [5, 5.41) is 13.1. The highest BCUT2D eigenvalue weighted by molar-refractivity contribution is 5.98. The number of benzene rings is 2. The van der Waals surface area contributed by atoms with Gasteiger partial charge in [0.25, 0.3) is 5.91 Å². The van der Waals surface area contributed by atoms with Crippen molar-refractivity contribution in [3.8, 4) is 0 Å². The summed E-state index contributed by atoms with van der Waals surface area (Å²) in [6.07, 6.45) is 7.02. The van der Waals surface area contributed by atoms with E-state index in [0.29, 0.717) is 12.8 Å². The molecule has 1 saturated carbocycles. The Morgan fingerprint density at radius 3 is 2.31 bits per heavy atom. The Bertz CT molecular complexity index is 1590. The number of nitrogens with zero attached hydrogens (tertiary/aromatic N) is 2. The molecule has 2 aliphatic rings. The largest absolute Gasteiger partial charge is 0.368 e. The van der Waals surface area contributed by atoms with Gasteiger partial charge in [-0.25, -0.2) is 4.98 Å². The Labute approximate surface area is 261 Å². The van der Waals surface area contributed by atoms with E-state index in [9.17, 15) is 24.0 Å². The van der Waals surface area contributed by atoms with Gasteiger partial charge in [0.2, 0.25) is 23.6 Å². The van der Waals surface area contributed by atoms with Crippen LogP contribution in [0.3, 0.4) is 0 Å². The van der Waals surface area contributed by atoms with Crippen molar-refractivity contribution in [2.45, 2.75) is 76.0 Å². The minimum Gasteiger partial charge on any atom is -0.368 e. The summed E-state index contributed by atoms with van der Waals surface area (Å²) in [6.45, 7) is 3.78. The van der Waals surface area contributed by atoms with E-state index in [-0.39, 0.29) is 30.4 Å². The monoisotopic (exact) mass is 613 g/mol. The molecule has 0 radical (unpaired) electrons. The maximum atomic E-state index is 13.9.